The van der Waals surface area contributed by atoms with Gasteiger partial charge in [0, 0.05) is 29.9 Å². The van der Waals surface area contributed by atoms with Gasteiger partial charge in [-0.1, -0.05) is 92.8 Å². The van der Waals surface area contributed by atoms with Gasteiger partial charge < -0.3 is 32.0 Å². The van der Waals surface area contributed by atoms with Crippen molar-refractivity contribution < 1.29 is 14.3 Å². The van der Waals surface area contributed by atoms with Crippen molar-refractivity contribution in [2.24, 2.45) is 34.0 Å². The zero-order chi connectivity index (χ0) is 38.8. The number of amides is 1. The highest BCUT2D eigenvalue weighted by molar-refractivity contribution is 5.85. The standard InChI is InChI=1S/C41H61N11O3.2ClH/c1-30(2)21-24-54-38-19-8-6-16-35(38)36-17-7-9-20-39(36)55-29-34-28-52(50-48-34)37(18-10-11-22-42)40(53)46-32(15-12-23-45-41(43)44)26-51-27-33(47-49-51)25-31-13-4-3-5-14-31;;/h6-9,16-17,19-20,27-28,30-32,37H,3-5,10-15,18,21-26,29,42H2,1-2H3,(H,46,53)(H4,43,44,45);2*1H/t32-,37-;;/m1../s1. The molecule has 314 valence electrons. The highest BCUT2D eigenvalue weighted by Crippen LogP contribution is 2.37. The maximum Gasteiger partial charge on any atom is 0.245 e. The molecule has 0 unspecified atom stereocenters. The number of rotatable bonds is 23. The van der Waals surface area contributed by atoms with Crippen LogP contribution >= 0.6 is 24.8 Å². The fourth-order valence-corrected chi connectivity index (χ4v) is 7.07. The largest absolute Gasteiger partial charge is 0.493 e. The number of hydrogen-bond acceptors (Lipinski definition) is 9. The van der Waals surface area contributed by atoms with Crippen molar-refractivity contribution in [3.8, 4) is 22.6 Å². The predicted octanol–water partition coefficient (Wildman–Crippen LogP) is 6.42. The lowest BCUT2D eigenvalue weighted by Gasteiger charge is -2.23. The van der Waals surface area contributed by atoms with Gasteiger partial charge in [-0.3, -0.25) is 14.5 Å². The molecule has 1 aliphatic carbocycles. The number of guanidine groups is 1. The van der Waals surface area contributed by atoms with Crippen LogP contribution in [0.4, 0.5) is 0 Å². The van der Waals surface area contributed by atoms with E-state index in [1.807, 2.05) is 59.4 Å². The Balaban J connectivity index is 0.00000435. The molecule has 57 heavy (non-hydrogen) atoms. The van der Waals surface area contributed by atoms with Crippen molar-refractivity contribution in [1.29, 1.82) is 0 Å². The lowest BCUT2D eigenvalue weighted by molar-refractivity contribution is -0.125. The topological polar surface area (TPSA) is 199 Å². The highest BCUT2D eigenvalue weighted by atomic mass is 35.5. The van der Waals surface area contributed by atoms with Gasteiger partial charge in [0.2, 0.25) is 5.91 Å². The van der Waals surface area contributed by atoms with Gasteiger partial charge in [0.25, 0.3) is 0 Å². The van der Waals surface area contributed by atoms with E-state index in [1.54, 1.807) is 10.9 Å². The number of nitrogens with two attached hydrogens (primary N) is 3. The molecule has 1 amide bonds. The van der Waals surface area contributed by atoms with E-state index in [9.17, 15) is 4.79 Å². The van der Waals surface area contributed by atoms with Crippen molar-refractivity contribution >= 4 is 36.7 Å². The van der Waals surface area contributed by atoms with Gasteiger partial charge in [-0.2, -0.15) is 0 Å². The molecule has 0 bridgehead atoms. The zero-order valence-electron chi connectivity index (χ0n) is 33.5. The molecule has 0 radical (unpaired) electrons. The van der Waals surface area contributed by atoms with Crippen molar-refractivity contribution in [2.45, 2.75) is 116 Å². The van der Waals surface area contributed by atoms with Crippen LogP contribution in [0.5, 0.6) is 11.5 Å². The minimum atomic E-state index is -0.590. The van der Waals surface area contributed by atoms with Crippen molar-refractivity contribution in [3.63, 3.8) is 0 Å². The predicted molar refractivity (Wildman–Crippen MR) is 230 cm³/mol. The van der Waals surface area contributed by atoms with E-state index in [-0.39, 0.29) is 49.3 Å². The van der Waals surface area contributed by atoms with Crippen LogP contribution in [0.2, 0.25) is 0 Å². The smallest absolute Gasteiger partial charge is 0.245 e. The fourth-order valence-electron chi connectivity index (χ4n) is 7.07. The van der Waals surface area contributed by atoms with Gasteiger partial charge in [0.1, 0.15) is 29.8 Å². The van der Waals surface area contributed by atoms with Crippen LogP contribution in [0.3, 0.4) is 0 Å². The van der Waals surface area contributed by atoms with Crippen molar-refractivity contribution in [1.82, 2.24) is 35.3 Å². The lowest BCUT2D eigenvalue weighted by Crippen LogP contribution is -2.42. The average molecular weight is 829 g/mol. The van der Waals surface area contributed by atoms with Crippen LogP contribution in [-0.2, 0) is 24.4 Å². The van der Waals surface area contributed by atoms with Crippen LogP contribution in [0.25, 0.3) is 11.1 Å². The van der Waals surface area contributed by atoms with E-state index in [2.05, 4.69) is 44.8 Å². The van der Waals surface area contributed by atoms with Gasteiger partial charge in [0.05, 0.1) is 25.0 Å². The third kappa shape index (κ3) is 15.5. The summed E-state index contributed by atoms with van der Waals surface area (Å²) in [7, 11) is 0. The molecule has 16 heteroatoms. The molecule has 2 aromatic heterocycles. The first kappa shape index (κ1) is 47.0. The van der Waals surface area contributed by atoms with Crippen LogP contribution in [-0.4, -0.2) is 67.6 Å². The third-order valence-corrected chi connectivity index (χ3v) is 10.1. The number of nitrogens with one attached hydrogen (secondary N) is 1. The minimum Gasteiger partial charge on any atom is -0.493 e. The quantitative estimate of drug-likeness (QED) is 0.0368. The number of unbranched alkanes of at least 4 members (excludes halogenated alkanes) is 1. The number of aromatic nitrogens is 6. The monoisotopic (exact) mass is 827 g/mol. The number of carbonyl (C=O) groups is 1. The van der Waals surface area contributed by atoms with E-state index in [0.29, 0.717) is 68.8 Å². The van der Waals surface area contributed by atoms with Gasteiger partial charge in [-0.25, -0.2) is 4.68 Å². The molecule has 0 spiro atoms. The number of carbonyl (C=O) groups excluding carboxylic acids is 1. The second-order valence-corrected chi connectivity index (χ2v) is 15.1. The van der Waals surface area contributed by atoms with Crippen molar-refractivity contribution in [2.75, 3.05) is 19.7 Å². The molecule has 14 nitrogen and oxygen atoms in total. The van der Waals surface area contributed by atoms with Crippen molar-refractivity contribution in [3.05, 3.63) is 72.3 Å². The number of para-hydroxylation sites is 2. The first-order valence-corrected chi connectivity index (χ1v) is 20.1. The summed E-state index contributed by atoms with van der Waals surface area (Å²) in [5, 5.41) is 21.0. The van der Waals surface area contributed by atoms with Crippen LogP contribution < -0.4 is 32.0 Å². The van der Waals surface area contributed by atoms with Gasteiger partial charge in [-0.15, -0.1) is 35.0 Å². The summed E-state index contributed by atoms with van der Waals surface area (Å²) in [6.07, 6.45) is 15.5. The minimum absolute atomic E-state index is 0. The number of aliphatic imine (C=N–C) groups is 1. The number of hydrogen-bond donors (Lipinski definition) is 4. The summed E-state index contributed by atoms with van der Waals surface area (Å²) in [5.41, 5.74) is 20.5. The van der Waals surface area contributed by atoms with E-state index < -0.39 is 6.04 Å². The second kappa shape index (κ2) is 25.1. The van der Waals surface area contributed by atoms with Gasteiger partial charge in [-0.05, 0) is 75.5 Å². The number of ether oxygens (including phenoxy) is 2. The van der Waals surface area contributed by atoms with Gasteiger partial charge >= 0.3 is 0 Å². The Bertz CT molecular complexity index is 1770. The van der Waals surface area contributed by atoms with E-state index in [1.165, 1.54) is 32.1 Å². The molecule has 5 rings (SSSR count). The molecule has 2 heterocycles. The maximum atomic E-state index is 14.1. The summed E-state index contributed by atoms with van der Waals surface area (Å²) < 4.78 is 16.0. The number of halogens is 2. The van der Waals surface area contributed by atoms with E-state index in [4.69, 9.17) is 26.7 Å². The summed E-state index contributed by atoms with van der Waals surface area (Å²) in [5.74, 6) is 2.63. The summed E-state index contributed by atoms with van der Waals surface area (Å²) in [4.78, 5) is 18.2. The molecule has 2 aromatic carbocycles. The number of benzene rings is 2. The first-order chi connectivity index (χ1) is 26.8. The summed E-state index contributed by atoms with van der Waals surface area (Å²) in [6.45, 7) is 6.67. The molecule has 0 aliphatic heterocycles. The van der Waals surface area contributed by atoms with E-state index in [0.717, 1.165) is 48.3 Å². The zero-order valence-corrected chi connectivity index (χ0v) is 35.1. The Labute approximate surface area is 349 Å². The van der Waals surface area contributed by atoms with Crippen LogP contribution in [0, 0.1) is 11.8 Å². The molecule has 2 atom stereocenters. The first-order valence-electron chi connectivity index (χ1n) is 20.1. The Hall–Kier alpha value is -4.40. The molecular formula is C41H63Cl2N11O3. The van der Waals surface area contributed by atoms with Crippen LogP contribution in [0.15, 0.2) is 65.9 Å². The maximum absolute atomic E-state index is 14.1. The molecular weight excluding hydrogens is 765 g/mol. The summed E-state index contributed by atoms with van der Waals surface area (Å²) in [6, 6.07) is 15.1. The molecule has 1 fully saturated rings. The molecule has 7 N–H and O–H groups in total. The molecule has 1 aliphatic rings. The molecule has 0 saturated heterocycles. The molecule has 1 saturated carbocycles. The summed E-state index contributed by atoms with van der Waals surface area (Å²) >= 11 is 0. The average Bonchev–Trinajstić information content (AvgIpc) is 3.84. The fraction of sp³-hybridized carbons (Fsp3) is 0.561. The SMILES string of the molecule is CC(C)CCOc1ccccc1-c1ccccc1OCc1cn([C@H](CCCCN)C(=O)N[C@H](CCCN=C(N)N)Cn2cc(CC3CCCCC3)nn2)nn1.Cl.Cl. The highest BCUT2D eigenvalue weighted by Gasteiger charge is 2.25. The van der Waals surface area contributed by atoms with Crippen LogP contribution in [0.1, 0.15) is 102 Å². The Kier molecular flexibility index (Phi) is 20.7. The Morgan fingerprint density at radius 2 is 1.54 bits per heavy atom. The Morgan fingerprint density at radius 1 is 0.860 bits per heavy atom. The molecule has 4 aromatic rings. The van der Waals surface area contributed by atoms with E-state index >= 15 is 0 Å². The Morgan fingerprint density at radius 3 is 2.23 bits per heavy atom. The second-order valence-electron chi connectivity index (χ2n) is 15.1. The third-order valence-electron chi connectivity index (χ3n) is 10.1. The lowest BCUT2D eigenvalue weighted by atomic mass is 9.86. The number of nitrogens with zero attached hydrogens (tertiary/aromatic N) is 7. The normalized spacial score (nSPS) is 13.9. The van der Waals surface area contributed by atoms with Gasteiger partial charge in [0.15, 0.2) is 5.96 Å².